The van der Waals surface area contributed by atoms with E-state index in [0.29, 0.717) is 12.2 Å². The molecule has 0 radical (unpaired) electrons. The van der Waals surface area contributed by atoms with Crippen molar-refractivity contribution < 1.29 is 9.18 Å². The number of nitriles is 1. The van der Waals surface area contributed by atoms with Crippen molar-refractivity contribution in [3.8, 4) is 6.07 Å². The Morgan fingerprint density at radius 2 is 2.00 bits per heavy atom. The number of hydrogen-bond donors (Lipinski definition) is 1. The lowest BCUT2D eigenvalue weighted by Gasteiger charge is -2.32. The van der Waals surface area contributed by atoms with Crippen LogP contribution in [0.4, 0.5) is 10.1 Å². The summed E-state index contributed by atoms with van der Waals surface area (Å²) < 4.78 is 13.0. The van der Waals surface area contributed by atoms with Gasteiger partial charge in [0, 0.05) is 31.9 Å². The van der Waals surface area contributed by atoms with Crippen molar-refractivity contribution in [3.05, 3.63) is 30.1 Å². The van der Waals surface area contributed by atoms with Gasteiger partial charge in [0.2, 0.25) is 5.91 Å². The Labute approximate surface area is 117 Å². The number of carbonyl (C=O) groups is 1. The predicted molar refractivity (Wildman–Crippen MR) is 73.5 cm³/mol. The van der Waals surface area contributed by atoms with Crippen molar-refractivity contribution in [1.29, 1.82) is 5.26 Å². The first-order valence-electron chi connectivity index (χ1n) is 6.54. The molecule has 20 heavy (non-hydrogen) atoms. The fourth-order valence-electron chi connectivity index (χ4n) is 2.18. The minimum atomic E-state index is -0.368. The van der Waals surface area contributed by atoms with Gasteiger partial charge < -0.3 is 5.32 Å². The summed E-state index contributed by atoms with van der Waals surface area (Å²) in [5.74, 6) is -0.516. The van der Waals surface area contributed by atoms with Gasteiger partial charge in [-0.3, -0.25) is 14.6 Å². The lowest BCUT2D eigenvalue weighted by molar-refractivity contribution is -0.117. The maximum Gasteiger partial charge on any atom is 0.238 e. The first-order valence-corrected chi connectivity index (χ1v) is 6.54. The molecule has 106 valence electrons. The summed E-state index contributed by atoms with van der Waals surface area (Å²) in [4.78, 5) is 15.9. The van der Waals surface area contributed by atoms with Crippen LogP contribution in [-0.4, -0.2) is 55.0 Å². The van der Waals surface area contributed by atoms with Crippen LogP contribution in [0.1, 0.15) is 0 Å². The van der Waals surface area contributed by atoms with Crippen molar-refractivity contribution in [3.63, 3.8) is 0 Å². The van der Waals surface area contributed by atoms with Gasteiger partial charge in [-0.1, -0.05) is 6.07 Å². The van der Waals surface area contributed by atoms with Crippen LogP contribution in [0, 0.1) is 17.1 Å². The number of hydrogen-bond acceptors (Lipinski definition) is 4. The third-order valence-corrected chi connectivity index (χ3v) is 3.23. The van der Waals surface area contributed by atoms with Crippen LogP contribution < -0.4 is 5.32 Å². The maximum atomic E-state index is 13.0. The minimum absolute atomic E-state index is 0.149. The molecule has 5 nitrogen and oxygen atoms in total. The van der Waals surface area contributed by atoms with Crippen LogP contribution in [0.5, 0.6) is 0 Å². The van der Waals surface area contributed by atoms with Gasteiger partial charge in [-0.05, 0) is 18.2 Å². The summed E-state index contributed by atoms with van der Waals surface area (Å²) in [7, 11) is 0. The molecule has 1 aliphatic heterocycles. The SMILES string of the molecule is N#CCN1CCN(CC(=O)Nc2cccc(F)c2)CC1. The zero-order valence-electron chi connectivity index (χ0n) is 11.2. The lowest BCUT2D eigenvalue weighted by Crippen LogP contribution is -2.48. The summed E-state index contributed by atoms with van der Waals surface area (Å²) >= 11 is 0. The maximum absolute atomic E-state index is 13.0. The number of benzene rings is 1. The van der Waals surface area contributed by atoms with E-state index in [1.807, 2.05) is 4.90 Å². The molecule has 1 fully saturated rings. The normalized spacial score (nSPS) is 16.6. The van der Waals surface area contributed by atoms with E-state index in [4.69, 9.17) is 5.26 Å². The molecule has 1 heterocycles. The second-order valence-corrected chi connectivity index (χ2v) is 4.77. The minimum Gasteiger partial charge on any atom is -0.325 e. The molecule has 1 aromatic rings. The van der Waals surface area contributed by atoms with E-state index >= 15 is 0 Å². The van der Waals surface area contributed by atoms with Crippen LogP contribution in [0.25, 0.3) is 0 Å². The highest BCUT2D eigenvalue weighted by atomic mass is 19.1. The molecule has 0 aromatic heterocycles. The van der Waals surface area contributed by atoms with Gasteiger partial charge in [0.25, 0.3) is 0 Å². The summed E-state index contributed by atoms with van der Waals surface area (Å²) in [6.45, 7) is 3.83. The van der Waals surface area contributed by atoms with Crippen LogP contribution in [0.3, 0.4) is 0 Å². The summed E-state index contributed by atoms with van der Waals surface area (Å²) in [5.41, 5.74) is 0.470. The van der Waals surface area contributed by atoms with E-state index in [9.17, 15) is 9.18 Å². The van der Waals surface area contributed by atoms with Crippen molar-refractivity contribution in [2.75, 3.05) is 44.6 Å². The fraction of sp³-hybridized carbons (Fsp3) is 0.429. The molecule has 0 atom stereocenters. The van der Waals surface area contributed by atoms with Gasteiger partial charge in [0.15, 0.2) is 0 Å². The molecule has 0 aliphatic carbocycles. The number of nitrogens with zero attached hydrogens (tertiary/aromatic N) is 3. The molecule has 6 heteroatoms. The lowest BCUT2D eigenvalue weighted by atomic mass is 10.3. The van der Waals surface area contributed by atoms with E-state index < -0.39 is 0 Å². The molecule has 0 saturated carbocycles. The quantitative estimate of drug-likeness (QED) is 0.830. The molecule has 0 unspecified atom stereocenters. The Morgan fingerprint density at radius 1 is 1.30 bits per heavy atom. The van der Waals surface area contributed by atoms with Gasteiger partial charge >= 0.3 is 0 Å². The number of rotatable bonds is 4. The standard InChI is InChI=1S/C14H17FN4O/c15-12-2-1-3-13(10-12)17-14(20)11-19-8-6-18(5-4-16)7-9-19/h1-3,10H,5-9,11H2,(H,17,20). The fourth-order valence-corrected chi connectivity index (χ4v) is 2.18. The smallest absolute Gasteiger partial charge is 0.238 e. The van der Waals surface area contributed by atoms with E-state index in [0.717, 1.165) is 26.2 Å². The number of piperazine rings is 1. The van der Waals surface area contributed by atoms with Gasteiger partial charge in [0.05, 0.1) is 19.2 Å². The molecule has 1 N–H and O–H groups in total. The first kappa shape index (κ1) is 14.4. The third kappa shape index (κ3) is 4.30. The predicted octanol–water partition coefficient (Wildman–Crippen LogP) is 0.905. The molecule has 1 saturated heterocycles. The van der Waals surface area contributed by atoms with E-state index in [-0.39, 0.29) is 18.3 Å². The Morgan fingerprint density at radius 3 is 2.65 bits per heavy atom. The first-order chi connectivity index (χ1) is 9.67. The Balaban J connectivity index is 1.77. The van der Waals surface area contributed by atoms with Crippen LogP contribution >= 0.6 is 0 Å². The third-order valence-electron chi connectivity index (χ3n) is 3.23. The highest BCUT2D eigenvalue weighted by Crippen LogP contribution is 2.09. The van der Waals surface area contributed by atoms with Crippen LogP contribution in [0.2, 0.25) is 0 Å². The summed E-state index contributed by atoms with van der Waals surface area (Å²) in [5, 5.41) is 11.3. The average Bonchev–Trinajstić information content (AvgIpc) is 2.41. The zero-order chi connectivity index (χ0) is 14.4. The number of anilines is 1. The highest BCUT2D eigenvalue weighted by molar-refractivity contribution is 5.92. The van der Waals surface area contributed by atoms with Crippen LogP contribution in [0.15, 0.2) is 24.3 Å². The average molecular weight is 276 g/mol. The van der Waals surface area contributed by atoms with Crippen molar-refractivity contribution >= 4 is 11.6 Å². The number of halogens is 1. The molecule has 1 aliphatic rings. The molecule has 2 rings (SSSR count). The van der Waals surface area contributed by atoms with Gasteiger partial charge in [-0.15, -0.1) is 0 Å². The summed E-state index contributed by atoms with van der Waals surface area (Å²) in [6, 6.07) is 7.98. The van der Waals surface area contributed by atoms with Gasteiger partial charge in [-0.25, -0.2) is 4.39 Å². The Hall–Kier alpha value is -1.97. The highest BCUT2D eigenvalue weighted by Gasteiger charge is 2.18. The monoisotopic (exact) mass is 276 g/mol. The van der Waals surface area contributed by atoms with E-state index in [1.54, 1.807) is 12.1 Å². The number of amides is 1. The van der Waals surface area contributed by atoms with Crippen LogP contribution in [-0.2, 0) is 4.79 Å². The van der Waals surface area contributed by atoms with Gasteiger partial charge in [0.1, 0.15) is 5.82 Å². The van der Waals surface area contributed by atoms with Crippen molar-refractivity contribution in [2.45, 2.75) is 0 Å². The molecule has 1 amide bonds. The van der Waals surface area contributed by atoms with Gasteiger partial charge in [-0.2, -0.15) is 5.26 Å². The topological polar surface area (TPSA) is 59.4 Å². The molecule has 1 aromatic carbocycles. The Bertz CT molecular complexity index is 506. The molecule has 0 spiro atoms. The molecular weight excluding hydrogens is 259 g/mol. The zero-order valence-corrected chi connectivity index (χ0v) is 11.2. The summed E-state index contributed by atoms with van der Waals surface area (Å²) in [6.07, 6.45) is 0. The van der Waals surface area contributed by atoms with Crippen molar-refractivity contribution in [1.82, 2.24) is 9.80 Å². The molecule has 0 bridgehead atoms. The molecular formula is C14H17FN4O. The number of nitrogens with one attached hydrogen (secondary N) is 1. The second-order valence-electron chi connectivity index (χ2n) is 4.77. The van der Waals surface area contributed by atoms with Crippen molar-refractivity contribution in [2.24, 2.45) is 0 Å². The Kier molecular flexibility index (Phi) is 5.04. The number of carbonyl (C=O) groups excluding carboxylic acids is 1. The van der Waals surface area contributed by atoms with E-state index in [2.05, 4.69) is 16.3 Å². The van der Waals surface area contributed by atoms with E-state index in [1.165, 1.54) is 12.1 Å². The second kappa shape index (κ2) is 6.98. The largest absolute Gasteiger partial charge is 0.325 e.